The SMILES string of the molecule is CC(C)OCC(N)c1noc(-c2cc[nH]c(=O)c2)n1. The zero-order chi connectivity index (χ0) is 13.8. The minimum absolute atomic E-state index is 0.0881. The molecule has 0 saturated heterocycles. The van der Waals surface area contributed by atoms with Crippen molar-refractivity contribution in [3.05, 3.63) is 34.5 Å². The molecule has 0 aliphatic heterocycles. The monoisotopic (exact) mass is 264 g/mol. The number of rotatable bonds is 5. The van der Waals surface area contributed by atoms with E-state index in [0.29, 0.717) is 18.0 Å². The number of ether oxygens (including phenoxy) is 1. The quantitative estimate of drug-likeness (QED) is 0.829. The number of nitrogens with two attached hydrogens (primary N) is 1. The maximum absolute atomic E-state index is 11.2. The van der Waals surface area contributed by atoms with E-state index in [1.165, 1.54) is 12.3 Å². The van der Waals surface area contributed by atoms with Gasteiger partial charge in [-0.1, -0.05) is 5.16 Å². The summed E-state index contributed by atoms with van der Waals surface area (Å²) in [5, 5.41) is 3.80. The molecule has 2 heterocycles. The zero-order valence-corrected chi connectivity index (χ0v) is 10.8. The van der Waals surface area contributed by atoms with E-state index in [1.807, 2.05) is 13.8 Å². The summed E-state index contributed by atoms with van der Waals surface area (Å²) in [5.41, 5.74) is 6.21. The van der Waals surface area contributed by atoms with Crippen LogP contribution in [0.25, 0.3) is 11.5 Å². The molecule has 0 aliphatic rings. The summed E-state index contributed by atoms with van der Waals surface area (Å²) in [6.07, 6.45) is 1.61. The fraction of sp³-hybridized carbons (Fsp3) is 0.417. The average molecular weight is 264 g/mol. The lowest BCUT2D eigenvalue weighted by atomic mass is 10.2. The van der Waals surface area contributed by atoms with E-state index >= 15 is 0 Å². The highest BCUT2D eigenvalue weighted by molar-refractivity contribution is 5.51. The lowest BCUT2D eigenvalue weighted by molar-refractivity contribution is 0.0665. The Balaban J connectivity index is 2.12. The fourth-order valence-electron chi connectivity index (χ4n) is 1.45. The number of nitrogens with one attached hydrogen (secondary N) is 1. The van der Waals surface area contributed by atoms with Crippen molar-refractivity contribution in [2.75, 3.05) is 6.61 Å². The van der Waals surface area contributed by atoms with Gasteiger partial charge in [-0.15, -0.1) is 0 Å². The van der Waals surface area contributed by atoms with Gasteiger partial charge in [-0.3, -0.25) is 4.79 Å². The van der Waals surface area contributed by atoms with Gasteiger partial charge in [-0.25, -0.2) is 0 Å². The molecule has 0 saturated carbocycles. The van der Waals surface area contributed by atoms with Crippen molar-refractivity contribution in [3.63, 3.8) is 0 Å². The van der Waals surface area contributed by atoms with Crippen LogP contribution in [0.1, 0.15) is 25.7 Å². The van der Waals surface area contributed by atoms with Crippen LogP contribution in [0.3, 0.4) is 0 Å². The van der Waals surface area contributed by atoms with Crippen LogP contribution in [-0.4, -0.2) is 27.8 Å². The van der Waals surface area contributed by atoms with Gasteiger partial charge in [0.2, 0.25) is 5.56 Å². The Morgan fingerprint density at radius 2 is 2.32 bits per heavy atom. The highest BCUT2D eigenvalue weighted by Crippen LogP contribution is 2.16. The summed E-state index contributed by atoms with van der Waals surface area (Å²) >= 11 is 0. The van der Waals surface area contributed by atoms with E-state index in [2.05, 4.69) is 15.1 Å². The summed E-state index contributed by atoms with van der Waals surface area (Å²) in [6, 6.07) is 2.60. The number of pyridine rings is 1. The number of aromatic nitrogens is 3. The predicted octanol–water partition coefficient (Wildman–Crippen LogP) is 0.850. The van der Waals surface area contributed by atoms with Crippen molar-refractivity contribution in [1.82, 2.24) is 15.1 Å². The molecule has 0 radical (unpaired) electrons. The molecule has 19 heavy (non-hydrogen) atoms. The van der Waals surface area contributed by atoms with Crippen LogP contribution in [0, 0.1) is 0 Å². The van der Waals surface area contributed by atoms with Gasteiger partial charge in [0, 0.05) is 17.8 Å². The largest absolute Gasteiger partial charge is 0.377 e. The standard InChI is InChI=1S/C12H16N4O3/c1-7(2)18-6-9(13)11-15-12(19-16-11)8-3-4-14-10(17)5-8/h3-5,7,9H,6,13H2,1-2H3,(H,14,17). The van der Waals surface area contributed by atoms with Crippen molar-refractivity contribution < 1.29 is 9.26 Å². The summed E-state index contributed by atoms with van der Waals surface area (Å²) in [5.74, 6) is 0.622. The van der Waals surface area contributed by atoms with Gasteiger partial charge in [-0.2, -0.15) is 4.98 Å². The molecule has 2 rings (SSSR count). The molecule has 0 amide bonds. The van der Waals surface area contributed by atoms with Crippen molar-refractivity contribution in [2.24, 2.45) is 5.73 Å². The first-order chi connectivity index (χ1) is 9.06. The molecule has 2 aromatic heterocycles. The molecule has 0 bridgehead atoms. The van der Waals surface area contributed by atoms with Crippen LogP contribution in [0.15, 0.2) is 27.6 Å². The van der Waals surface area contributed by atoms with Crippen LogP contribution in [0.2, 0.25) is 0 Å². The van der Waals surface area contributed by atoms with E-state index < -0.39 is 6.04 Å². The first-order valence-corrected chi connectivity index (χ1v) is 5.96. The van der Waals surface area contributed by atoms with Gasteiger partial charge in [0.15, 0.2) is 5.82 Å². The molecular formula is C12H16N4O3. The van der Waals surface area contributed by atoms with E-state index in [1.54, 1.807) is 6.07 Å². The van der Waals surface area contributed by atoms with Crippen molar-refractivity contribution in [3.8, 4) is 11.5 Å². The third-order valence-corrected chi connectivity index (χ3v) is 2.40. The van der Waals surface area contributed by atoms with Crippen molar-refractivity contribution in [2.45, 2.75) is 26.0 Å². The number of hydrogen-bond acceptors (Lipinski definition) is 6. The Hall–Kier alpha value is -1.99. The van der Waals surface area contributed by atoms with Gasteiger partial charge in [0.1, 0.15) is 0 Å². The zero-order valence-electron chi connectivity index (χ0n) is 10.8. The third kappa shape index (κ3) is 3.49. The molecule has 0 fully saturated rings. The maximum Gasteiger partial charge on any atom is 0.258 e. The van der Waals surface area contributed by atoms with E-state index in [4.69, 9.17) is 15.0 Å². The molecule has 2 aromatic rings. The summed E-state index contributed by atoms with van der Waals surface area (Å²) < 4.78 is 10.5. The summed E-state index contributed by atoms with van der Waals surface area (Å²) in [7, 11) is 0. The molecule has 102 valence electrons. The fourth-order valence-corrected chi connectivity index (χ4v) is 1.45. The summed E-state index contributed by atoms with van der Waals surface area (Å²) in [4.78, 5) is 17.9. The predicted molar refractivity (Wildman–Crippen MR) is 68.4 cm³/mol. The van der Waals surface area contributed by atoms with Gasteiger partial charge >= 0.3 is 0 Å². The number of nitrogens with zero attached hydrogens (tertiary/aromatic N) is 2. The van der Waals surface area contributed by atoms with Crippen LogP contribution < -0.4 is 11.3 Å². The Kier molecular flexibility index (Phi) is 4.08. The van der Waals surface area contributed by atoms with E-state index in [0.717, 1.165) is 0 Å². The van der Waals surface area contributed by atoms with Gasteiger partial charge in [0.25, 0.3) is 5.89 Å². The van der Waals surface area contributed by atoms with Crippen molar-refractivity contribution in [1.29, 1.82) is 0 Å². The molecule has 7 heteroatoms. The van der Waals surface area contributed by atoms with Crippen LogP contribution >= 0.6 is 0 Å². The number of hydrogen-bond donors (Lipinski definition) is 2. The molecule has 0 aliphatic carbocycles. The topological polar surface area (TPSA) is 107 Å². The lowest BCUT2D eigenvalue weighted by Gasteiger charge is -2.10. The van der Waals surface area contributed by atoms with Crippen molar-refractivity contribution >= 4 is 0 Å². The molecule has 1 unspecified atom stereocenters. The molecular weight excluding hydrogens is 248 g/mol. The minimum atomic E-state index is -0.457. The highest BCUT2D eigenvalue weighted by atomic mass is 16.5. The van der Waals surface area contributed by atoms with Crippen LogP contribution in [-0.2, 0) is 4.74 Å². The first-order valence-electron chi connectivity index (χ1n) is 5.96. The second-order valence-electron chi connectivity index (χ2n) is 4.39. The van der Waals surface area contributed by atoms with E-state index in [9.17, 15) is 4.79 Å². The number of H-pyrrole nitrogens is 1. The number of aromatic amines is 1. The smallest absolute Gasteiger partial charge is 0.258 e. The molecule has 1 atom stereocenters. The Bertz CT molecular complexity index is 590. The molecule has 7 nitrogen and oxygen atoms in total. The minimum Gasteiger partial charge on any atom is -0.377 e. The summed E-state index contributed by atoms with van der Waals surface area (Å²) in [6.45, 7) is 4.15. The molecule has 3 N–H and O–H groups in total. The normalized spacial score (nSPS) is 12.8. The van der Waals surface area contributed by atoms with E-state index in [-0.39, 0.29) is 17.6 Å². The Labute approximate surface area is 109 Å². The lowest BCUT2D eigenvalue weighted by Crippen LogP contribution is -2.20. The third-order valence-electron chi connectivity index (χ3n) is 2.40. The highest BCUT2D eigenvalue weighted by Gasteiger charge is 2.16. The van der Waals surface area contributed by atoms with Crippen LogP contribution in [0.4, 0.5) is 0 Å². The van der Waals surface area contributed by atoms with Gasteiger partial charge < -0.3 is 20.0 Å². The Morgan fingerprint density at radius 3 is 3.00 bits per heavy atom. The van der Waals surface area contributed by atoms with Crippen LogP contribution in [0.5, 0.6) is 0 Å². The molecule has 0 spiro atoms. The second kappa shape index (κ2) is 5.77. The maximum atomic E-state index is 11.2. The van der Waals surface area contributed by atoms with Gasteiger partial charge in [-0.05, 0) is 19.9 Å². The molecule has 0 aromatic carbocycles. The average Bonchev–Trinajstić information content (AvgIpc) is 2.85. The Morgan fingerprint density at radius 1 is 1.53 bits per heavy atom. The second-order valence-corrected chi connectivity index (χ2v) is 4.39. The first kappa shape index (κ1) is 13.4. The van der Waals surface area contributed by atoms with Gasteiger partial charge in [0.05, 0.1) is 18.8 Å².